The lowest BCUT2D eigenvalue weighted by Gasteiger charge is -2.05. The molecule has 4 heteroatoms. The van der Waals surface area contributed by atoms with Gasteiger partial charge in [0.1, 0.15) is 11.6 Å². The van der Waals surface area contributed by atoms with Crippen LogP contribution in [0.15, 0.2) is 24.3 Å². The molecule has 4 nitrogen and oxygen atoms in total. The highest BCUT2D eigenvalue weighted by Gasteiger charge is 2.03. The first-order valence-electron chi connectivity index (χ1n) is 5.78. The number of nitrogens with one attached hydrogen (secondary N) is 1. The largest absolute Gasteiger partial charge is 0.317 e. The van der Waals surface area contributed by atoms with Crippen LogP contribution in [-0.4, -0.2) is 14.8 Å². The Morgan fingerprint density at radius 3 is 2.65 bits per heavy atom. The van der Waals surface area contributed by atoms with Gasteiger partial charge in [0.05, 0.1) is 6.54 Å². The van der Waals surface area contributed by atoms with Gasteiger partial charge < -0.3 is 9.88 Å². The summed E-state index contributed by atoms with van der Waals surface area (Å²) in [4.78, 5) is 0. The van der Waals surface area contributed by atoms with Crippen molar-refractivity contribution in [1.29, 1.82) is 0 Å². The van der Waals surface area contributed by atoms with Gasteiger partial charge in [0.2, 0.25) is 0 Å². The Labute approximate surface area is 102 Å². The summed E-state index contributed by atoms with van der Waals surface area (Å²) in [5.41, 5.74) is 2.59. The summed E-state index contributed by atoms with van der Waals surface area (Å²) < 4.78 is 2.00. The first kappa shape index (κ1) is 11.8. The minimum Gasteiger partial charge on any atom is -0.317 e. The van der Waals surface area contributed by atoms with Crippen LogP contribution in [-0.2, 0) is 20.1 Å². The Morgan fingerprint density at radius 1 is 1.18 bits per heavy atom. The van der Waals surface area contributed by atoms with Crippen molar-refractivity contribution < 1.29 is 0 Å². The second kappa shape index (κ2) is 5.10. The second-order valence-electron chi connectivity index (χ2n) is 4.32. The van der Waals surface area contributed by atoms with Crippen molar-refractivity contribution in [3.05, 3.63) is 47.0 Å². The van der Waals surface area contributed by atoms with Gasteiger partial charge in [0.15, 0.2) is 0 Å². The van der Waals surface area contributed by atoms with E-state index in [1.807, 2.05) is 18.5 Å². The van der Waals surface area contributed by atoms with E-state index in [9.17, 15) is 0 Å². The zero-order valence-electron chi connectivity index (χ0n) is 10.6. The fourth-order valence-electron chi connectivity index (χ4n) is 1.75. The standard InChI is InChI=1S/C13H18N4/c1-10-5-4-6-12(7-10)8-14-9-13-16-15-11(2)17(13)3/h4-7,14H,8-9H2,1-3H3. The van der Waals surface area contributed by atoms with E-state index < -0.39 is 0 Å². The number of benzene rings is 1. The number of nitrogens with zero attached hydrogens (tertiary/aromatic N) is 3. The third-order valence-corrected chi connectivity index (χ3v) is 2.88. The average molecular weight is 230 g/mol. The van der Waals surface area contributed by atoms with Crippen molar-refractivity contribution in [1.82, 2.24) is 20.1 Å². The number of hydrogen-bond acceptors (Lipinski definition) is 3. The van der Waals surface area contributed by atoms with Gasteiger partial charge >= 0.3 is 0 Å². The Kier molecular flexibility index (Phi) is 3.54. The van der Waals surface area contributed by atoms with Crippen LogP contribution in [0.3, 0.4) is 0 Å². The van der Waals surface area contributed by atoms with Gasteiger partial charge in [-0.2, -0.15) is 0 Å². The summed E-state index contributed by atoms with van der Waals surface area (Å²) in [7, 11) is 1.99. The molecule has 90 valence electrons. The van der Waals surface area contributed by atoms with Crippen LogP contribution in [0.25, 0.3) is 0 Å². The zero-order chi connectivity index (χ0) is 12.3. The summed E-state index contributed by atoms with van der Waals surface area (Å²) in [6.07, 6.45) is 0. The molecule has 0 saturated carbocycles. The van der Waals surface area contributed by atoms with E-state index in [-0.39, 0.29) is 0 Å². The molecule has 2 aromatic rings. The van der Waals surface area contributed by atoms with Crippen LogP contribution in [0.1, 0.15) is 22.8 Å². The SMILES string of the molecule is Cc1cccc(CNCc2nnc(C)n2C)c1. The molecule has 0 saturated heterocycles. The lowest BCUT2D eigenvalue weighted by atomic mass is 10.1. The van der Waals surface area contributed by atoms with Gasteiger partial charge in [-0.1, -0.05) is 29.8 Å². The molecule has 0 unspecified atom stereocenters. The zero-order valence-corrected chi connectivity index (χ0v) is 10.6. The fourth-order valence-corrected chi connectivity index (χ4v) is 1.75. The van der Waals surface area contributed by atoms with Crippen molar-refractivity contribution in [3.63, 3.8) is 0 Å². The maximum absolute atomic E-state index is 4.11. The lowest BCUT2D eigenvalue weighted by Crippen LogP contribution is -2.16. The van der Waals surface area contributed by atoms with Crippen LogP contribution in [0.5, 0.6) is 0 Å². The monoisotopic (exact) mass is 230 g/mol. The Balaban J connectivity index is 1.90. The molecule has 1 aromatic carbocycles. The summed E-state index contributed by atoms with van der Waals surface area (Å²) >= 11 is 0. The van der Waals surface area contributed by atoms with Gasteiger partial charge in [-0.15, -0.1) is 10.2 Å². The molecule has 1 aromatic heterocycles. The molecule has 0 spiro atoms. The molecule has 0 amide bonds. The van der Waals surface area contributed by atoms with E-state index in [1.165, 1.54) is 11.1 Å². The van der Waals surface area contributed by atoms with Crippen molar-refractivity contribution >= 4 is 0 Å². The highest BCUT2D eigenvalue weighted by molar-refractivity contribution is 5.21. The minimum absolute atomic E-state index is 0.741. The van der Waals surface area contributed by atoms with E-state index in [2.05, 4.69) is 46.7 Å². The molecular weight excluding hydrogens is 212 g/mol. The van der Waals surface area contributed by atoms with Crippen molar-refractivity contribution in [2.24, 2.45) is 7.05 Å². The predicted octanol–water partition coefficient (Wildman–Crippen LogP) is 1.72. The molecular formula is C13H18N4. The summed E-state index contributed by atoms with van der Waals surface area (Å²) in [5, 5.41) is 11.5. The lowest BCUT2D eigenvalue weighted by molar-refractivity contribution is 0.634. The summed E-state index contributed by atoms with van der Waals surface area (Å²) in [6.45, 7) is 5.66. The van der Waals surface area contributed by atoms with E-state index in [4.69, 9.17) is 0 Å². The quantitative estimate of drug-likeness (QED) is 0.869. The molecule has 0 aliphatic heterocycles. The minimum atomic E-state index is 0.741. The summed E-state index contributed by atoms with van der Waals surface area (Å²) in [5.74, 6) is 1.91. The second-order valence-corrected chi connectivity index (χ2v) is 4.32. The van der Waals surface area contributed by atoms with Crippen LogP contribution < -0.4 is 5.32 Å². The predicted molar refractivity (Wildman–Crippen MR) is 67.5 cm³/mol. The van der Waals surface area contributed by atoms with E-state index in [0.717, 1.165) is 24.7 Å². The van der Waals surface area contributed by atoms with Crippen LogP contribution in [0, 0.1) is 13.8 Å². The number of aromatic nitrogens is 3. The topological polar surface area (TPSA) is 42.7 Å². The van der Waals surface area contributed by atoms with Crippen molar-refractivity contribution in [2.75, 3.05) is 0 Å². The Hall–Kier alpha value is -1.68. The van der Waals surface area contributed by atoms with E-state index in [1.54, 1.807) is 0 Å². The molecule has 0 radical (unpaired) electrons. The highest BCUT2D eigenvalue weighted by atomic mass is 15.3. The maximum Gasteiger partial charge on any atom is 0.146 e. The first-order valence-corrected chi connectivity index (χ1v) is 5.78. The van der Waals surface area contributed by atoms with Gasteiger partial charge in [0.25, 0.3) is 0 Å². The number of hydrogen-bond donors (Lipinski definition) is 1. The fraction of sp³-hybridized carbons (Fsp3) is 0.385. The number of aryl methyl sites for hydroxylation is 2. The smallest absolute Gasteiger partial charge is 0.146 e. The summed E-state index contributed by atoms with van der Waals surface area (Å²) in [6, 6.07) is 8.51. The third kappa shape index (κ3) is 2.91. The van der Waals surface area contributed by atoms with Crippen LogP contribution in [0.4, 0.5) is 0 Å². The Bertz CT molecular complexity index is 502. The first-order chi connectivity index (χ1) is 8.16. The molecule has 0 fully saturated rings. The van der Waals surface area contributed by atoms with Gasteiger partial charge in [0, 0.05) is 13.6 Å². The molecule has 0 atom stereocenters. The molecule has 1 N–H and O–H groups in total. The van der Waals surface area contributed by atoms with Crippen LogP contribution >= 0.6 is 0 Å². The highest BCUT2D eigenvalue weighted by Crippen LogP contribution is 2.04. The molecule has 0 aliphatic carbocycles. The van der Waals surface area contributed by atoms with Gasteiger partial charge in [-0.3, -0.25) is 0 Å². The molecule has 1 heterocycles. The average Bonchev–Trinajstić information content (AvgIpc) is 2.61. The third-order valence-electron chi connectivity index (χ3n) is 2.88. The molecule has 0 aliphatic rings. The van der Waals surface area contributed by atoms with E-state index >= 15 is 0 Å². The van der Waals surface area contributed by atoms with Crippen molar-refractivity contribution in [3.8, 4) is 0 Å². The maximum atomic E-state index is 4.11. The van der Waals surface area contributed by atoms with Crippen LogP contribution in [0.2, 0.25) is 0 Å². The molecule has 2 rings (SSSR count). The van der Waals surface area contributed by atoms with Gasteiger partial charge in [-0.25, -0.2) is 0 Å². The number of rotatable bonds is 4. The Morgan fingerprint density at radius 2 is 2.00 bits per heavy atom. The molecule has 17 heavy (non-hydrogen) atoms. The molecule has 0 bridgehead atoms. The van der Waals surface area contributed by atoms with E-state index in [0.29, 0.717) is 0 Å². The van der Waals surface area contributed by atoms with Gasteiger partial charge in [-0.05, 0) is 19.4 Å². The normalized spacial score (nSPS) is 10.8. The van der Waals surface area contributed by atoms with Crippen molar-refractivity contribution in [2.45, 2.75) is 26.9 Å².